The van der Waals surface area contributed by atoms with Crippen molar-refractivity contribution in [2.24, 2.45) is 16.7 Å². The van der Waals surface area contributed by atoms with Crippen molar-refractivity contribution < 1.29 is 4.79 Å². The van der Waals surface area contributed by atoms with Gasteiger partial charge in [-0.25, -0.2) is 0 Å². The predicted octanol–water partition coefficient (Wildman–Crippen LogP) is 4.39. The number of nitrogens with one attached hydrogen (secondary N) is 1. The van der Waals surface area contributed by atoms with Crippen molar-refractivity contribution >= 4 is 5.91 Å². The Morgan fingerprint density at radius 1 is 1.06 bits per heavy atom. The summed E-state index contributed by atoms with van der Waals surface area (Å²) in [6, 6.07) is 0.273. The van der Waals surface area contributed by atoms with Crippen LogP contribution in [-0.4, -0.2) is 11.9 Å². The van der Waals surface area contributed by atoms with Crippen molar-refractivity contribution in [1.82, 2.24) is 5.32 Å². The lowest BCUT2D eigenvalue weighted by Gasteiger charge is -2.33. The van der Waals surface area contributed by atoms with Gasteiger partial charge in [-0.3, -0.25) is 4.79 Å². The van der Waals surface area contributed by atoms with Crippen LogP contribution in [0, 0.1) is 16.7 Å². The van der Waals surface area contributed by atoms with Crippen molar-refractivity contribution in [3.05, 3.63) is 0 Å². The van der Waals surface area contributed by atoms with E-state index in [-0.39, 0.29) is 23.3 Å². The fourth-order valence-electron chi connectivity index (χ4n) is 1.90. The van der Waals surface area contributed by atoms with Crippen molar-refractivity contribution in [2.45, 2.75) is 80.7 Å². The molecule has 0 spiro atoms. The van der Waals surface area contributed by atoms with Crippen LogP contribution in [0.15, 0.2) is 0 Å². The molecule has 0 saturated carbocycles. The molecule has 0 heterocycles. The average molecular weight is 255 g/mol. The lowest BCUT2D eigenvalue weighted by Crippen LogP contribution is -2.45. The van der Waals surface area contributed by atoms with Crippen LogP contribution in [0.4, 0.5) is 0 Å². The molecular formula is C16H33NO. The average Bonchev–Trinajstić information content (AvgIpc) is 2.12. The molecule has 108 valence electrons. The molecule has 0 rings (SSSR count). The van der Waals surface area contributed by atoms with Gasteiger partial charge < -0.3 is 5.32 Å². The first-order chi connectivity index (χ1) is 7.93. The fourth-order valence-corrected chi connectivity index (χ4v) is 1.90. The van der Waals surface area contributed by atoms with E-state index in [1.54, 1.807) is 0 Å². The normalized spacial score (nSPS) is 14.7. The van der Waals surface area contributed by atoms with Gasteiger partial charge in [0.05, 0.1) is 0 Å². The highest BCUT2D eigenvalue weighted by atomic mass is 16.1. The van der Waals surface area contributed by atoms with Crippen molar-refractivity contribution in [1.29, 1.82) is 0 Å². The molecule has 0 aromatic rings. The highest BCUT2D eigenvalue weighted by Crippen LogP contribution is 2.27. The largest absolute Gasteiger partial charge is 0.353 e. The zero-order valence-corrected chi connectivity index (χ0v) is 13.7. The van der Waals surface area contributed by atoms with Crippen LogP contribution in [0.2, 0.25) is 0 Å². The molecule has 2 heteroatoms. The van der Waals surface area contributed by atoms with Crippen LogP contribution < -0.4 is 5.32 Å². The molecule has 0 bridgehead atoms. The lowest BCUT2D eigenvalue weighted by molar-refractivity contribution is -0.125. The van der Waals surface area contributed by atoms with Crippen molar-refractivity contribution in [3.63, 3.8) is 0 Å². The first kappa shape index (κ1) is 17.5. The summed E-state index contributed by atoms with van der Waals surface area (Å²) in [6.45, 7) is 17.3. The maximum atomic E-state index is 11.8. The van der Waals surface area contributed by atoms with E-state index >= 15 is 0 Å². The van der Waals surface area contributed by atoms with Gasteiger partial charge in [-0.2, -0.15) is 0 Å². The third kappa shape index (κ3) is 7.73. The quantitative estimate of drug-likeness (QED) is 0.775. The molecular weight excluding hydrogens is 222 g/mol. The smallest absolute Gasteiger partial charge is 0.222 e. The van der Waals surface area contributed by atoms with Gasteiger partial charge >= 0.3 is 0 Å². The van der Waals surface area contributed by atoms with E-state index in [2.05, 4.69) is 46.9 Å². The lowest BCUT2D eigenvalue weighted by atomic mass is 9.81. The standard InChI is InChI=1S/C16H33NO/c1-12(2)14(18)17-13(16(6,7)8)10-9-11-15(3,4)5/h12-13H,9-11H2,1-8H3,(H,17,18). The number of carbonyl (C=O) groups is 1. The Balaban J connectivity index is 4.39. The minimum Gasteiger partial charge on any atom is -0.353 e. The minimum atomic E-state index is 0.0671. The second kappa shape index (κ2) is 6.58. The minimum absolute atomic E-state index is 0.0671. The first-order valence-electron chi connectivity index (χ1n) is 7.24. The molecule has 1 unspecified atom stereocenters. The van der Waals surface area contributed by atoms with Gasteiger partial charge in [0.1, 0.15) is 0 Å². The number of amides is 1. The molecule has 1 atom stereocenters. The third-order valence-electron chi connectivity index (χ3n) is 3.31. The van der Waals surface area contributed by atoms with E-state index in [1.165, 1.54) is 12.8 Å². The van der Waals surface area contributed by atoms with Crippen LogP contribution in [0.25, 0.3) is 0 Å². The van der Waals surface area contributed by atoms with Crippen LogP contribution >= 0.6 is 0 Å². The highest BCUT2D eigenvalue weighted by molar-refractivity contribution is 5.78. The molecule has 0 aliphatic carbocycles. The van der Waals surface area contributed by atoms with Gasteiger partial charge in [-0.1, -0.05) is 61.8 Å². The fraction of sp³-hybridized carbons (Fsp3) is 0.938. The molecule has 1 amide bonds. The topological polar surface area (TPSA) is 29.1 Å². The van der Waals surface area contributed by atoms with Gasteiger partial charge in [0.25, 0.3) is 0 Å². The first-order valence-corrected chi connectivity index (χ1v) is 7.24. The number of hydrogen-bond donors (Lipinski definition) is 1. The van der Waals surface area contributed by atoms with Gasteiger partial charge in [-0.05, 0) is 23.7 Å². The zero-order valence-electron chi connectivity index (χ0n) is 13.7. The van der Waals surface area contributed by atoms with Crippen LogP contribution in [0.1, 0.15) is 74.7 Å². The summed E-state index contributed by atoms with van der Waals surface area (Å²) in [4.78, 5) is 11.8. The summed E-state index contributed by atoms with van der Waals surface area (Å²) in [5, 5.41) is 3.20. The zero-order chi connectivity index (χ0) is 14.6. The maximum absolute atomic E-state index is 11.8. The summed E-state index contributed by atoms with van der Waals surface area (Å²) >= 11 is 0. The number of carbonyl (C=O) groups excluding carboxylic acids is 1. The van der Waals surface area contributed by atoms with E-state index in [0.29, 0.717) is 5.41 Å². The Labute approximate surface area is 114 Å². The van der Waals surface area contributed by atoms with E-state index < -0.39 is 0 Å². The molecule has 0 saturated heterocycles. The van der Waals surface area contributed by atoms with Crippen molar-refractivity contribution in [2.75, 3.05) is 0 Å². The van der Waals surface area contributed by atoms with Gasteiger partial charge in [-0.15, -0.1) is 0 Å². The molecule has 0 radical (unpaired) electrons. The van der Waals surface area contributed by atoms with Gasteiger partial charge in [0, 0.05) is 12.0 Å². The van der Waals surface area contributed by atoms with Crippen LogP contribution in [0.3, 0.4) is 0 Å². The summed E-state index contributed by atoms with van der Waals surface area (Å²) in [5.41, 5.74) is 0.507. The van der Waals surface area contributed by atoms with Gasteiger partial charge in [0.15, 0.2) is 0 Å². The van der Waals surface area contributed by atoms with E-state index in [1.807, 2.05) is 13.8 Å². The Bertz CT molecular complexity index is 255. The summed E-state index contributed by atoms with van der Waals surface area (Å²) in [5.74, 6) is 0.239. The van der Waals surface area contributed by atoms with Crippen molar-refractivity contribution in [3.8, 4) is 0 Å². The molecule has 0 aromatic carbocycles. The summed E-state index contributed by atoms with van der Waals surface area (Å²) in [7, 11) is 0. The maximum Gasteiger partial charge on any atom is 0.222 e. The molecule has 1 N–H and O–H groups in total. The second-order valence-electron chi connectivity index (χ2n) is 8.03. The molecule has 18 heavy (non-hydrogen) atoms. The predicted molar refractivity (Wildman–Crippen MR) is 79.5 cm³/mol. The third-order valence-corrected chi connectivity index (χ3v) is 3.31. The highest BCUT2D eigenvalue weighted by Gasteiger charge is 2.27. The Morgan fingerprint density at radius 2 is 1.56 bits per heavy atom. The molecule has 0 aliphatic heterocycles. The molecule has 0 aromatic heterocycles. The molecule has 0 aliphatic rings. The Hall–Kier alpha value is -0.530. The summed E-state index contributed by atoms with van der Waals surface area (Å²) < 4.78 is 0. The molecule has 2 nitrogen and oxygen atoms in total. The van der Waals surface area contributed by atoms with E-state index in [9.17, 15) is 4.79 Å². The monoisotopic (exact) mass is 255 g/mol. The molecule has 0 fully saturated rings. The number of hydrogen-bond acceptors (Lipinski definition) is 1. The summed E-state index contributed by atoms with van der Waals surface area (Å²) in [6.07, 6.45) is 3.44. The van der Waals surface area contributed by atoms with Crippen LogP contribution in [0.5, 0.6) is 0 Å². The number of rotatable bonds is 5. The second-order valence-corrected chi connectivity index (χ2v) is 8.03. The van der Waals surface area contributed by atoms with E-state index in [0.717, 1.165) is 6.42 Å². The Kier molecular flexibility index (Phi) is 6.39. The van der Waals surface area contributed by atoms with E-state index in [4.69, 9.17) is 0 Å². The Morgan fingerprint density at radius 3 is 1.89 bits per heavy atom. The SMILES string of the molecule is CC(C)C(=O)NC(CCCC(C)(C)C)C(C)(C)C. The van der Waals surface area contributed by atoms with Crippen LogP contribution in [-0.2, 0) is 4.79 Å². The van der Waals surface area contributed by atoms with Gasteiger partial charge in [0.2, 0.25) is 5.91 Å².